The van der Waals surface area contributed by atoms with Gasteiger partial charge in [0.25, 0.3) is 5.91 Å². The summed E-state index contributed by atoms with van der Waals surface area (Å²) in [6.45, 7) is 3.48. The van der Waals surface area contributed by atoms with Gasteiger partial charge in [-0.05, 0) is 25.1 Å². The van der Waals surface area contributed by atoms with Crippen LogP contribution in [-0.2, 0) is 0 Å². The molecule has 1 aliphatic rings. The predicted molar refractivity (Wildman–Crippen MR) is 74.9 cm³/mol. The molecule has 1 aliphatic heterocycles. The monoisotopic (exact) mass is 281 g/mol. The summed E-state index contributed by atoms with van der Waals surface area (Å²) in [5.74, 6) is -0.791. The lowest BCUT2D eigenvalue weighted by Crippen LogP contribution is -2.36. The Morgan fingerprint density at radius 1 is 1.30 bits per heavy atom. The third-order valence-corrected chi connectivity index (χ3v) is 3.58. The van der Waals surface area contributed by atoms with Crippen molar-refractivity contribution in [3.8, 4) is 0 Å². The number of anilines is 1. The standard InChI is InChI=1S/C14H20FN3O2/c15-12-4-1-3-11(13(12)16)14(20)18-6-2-5-17(7-8-18)9-10-19/h1,3-4,19H,2,5-10,16H2. The molecule has 6 heteroatoms. The number of nitrogen functional groups attached to an aromatic ring is 1. The van der Waals surface area contributed by atoms with Gasteiger partial charge in [0.1, 0.15) is 5.82 Å². The first-order valence-corrected chi connectivity index (χ1v) is 6.80. The minimum absolute atomic E-state index is 0.0889. The van der Waals surface area contributed by atoms with Crippen molar-refractivity contribution in [2.75, 3.05) is 45.1 Å². The number of β-amino-alcohol motifs (C(OH)–C–C–N with tert-alkyl or cyclic N) is 1. The third-order valence-electron chi connectivity index (χ3n) is 3.58. The zero-order valence-corrected chi connectivity index (χ0v) is 11.4. The Labute approximate surface area is 117 Å². The molecule has 0 radical (unpaired) electrons. The lowest BCUT2D eigenvalue weighted by molar-refractivity contribution is 0.0761. The third kappa shape index (κ3) is 3.26. The molecule has 3 N–H and O–H groups in total. The Kier molecular flexibility index (Phi) is 4.92. The van der Waals surface area contributed by atoms with Crippen molar-refractivity contribution in [2.45, 2.75) is 6.42 Å². The number of nitrogens with two attached hydrogens (primary N) is 1. The second-order valence-electron chi connectivity index (χ2n) is 4.91. The molecule has 1 saturated heterocycles. The van der Waals surface area contributed by atoms with Crippen molar-refractivity contribution in [2.24, 2.45) is 0 Å². The summed E-state index contributed by atoms with van der Waals surface area (Å²) in [6, 6.07) is 4.30. The van der Waals surface area contributed by atoms with Crippen LogP contribution < -0.4 is 5.73 Å². The van der Waals surface area contributed by atoms with Crippen LogP contribution in [0, 0.1) is 5.82 Å². The minimum atomic E-state index is -0.562. The molecule has 1 aromatic carbocycles. The number of para-hydroxylation sites is 1. The van der Waals surface area contributed by atoms with Gasteiger partial charge >= 0.3 is 0 Å². The van der Waals surface area contributed by atoms with E-state index in [2.05, 4.69) is 4.90 Å². The highest BCUT2D eigenvalue weighted by Gasteiger charge is 2.22. The van der Waals surface area contributed by atoms with Gasteiger partial charge in [-0.3, -0.25) is 9.69 Å². The molecule has 0 bridgehead atoms. The molecule has 2 rings (SSSR count). The van der Waals surface area contributed by atoms with Gasteiger partial charge < -0.3 is 15.7 Å². The molecule has 1 heterocycles. The number of hydrogen-bond donors (Lipinski definition) is 2. The number of benzene rings is 1. The molecule has 0 spiro atoms. The fraction of sp³-hybridized carbons (Fsp3) is 0.500. The van der Waals surface area contributed by atoms with Crippen LogP contribution in [-0.4, -0.2) is 60.1 Å². The first-order chi connectivity index (χ1) is 9.63. The molecular weight excluding hydrogens is 261 g/mol. The number of carbonyl (C=O) groups excluding carboxylic acids is 1. The quantitative estimate of drug-likeness (QED) is 0.794. The van der Waals surface area contributed by atoms with Crippen LogP contribution in [0.25, 0.3) is 0 Å². The van der Waals surface area contributed by atoms with Crippen molar-refractivity contribution in [1.82, 2.24) is 9.80 Å². The Morgan fingerprint density at radius 3 is 2.85 bits per heavy atom. The van der Waals surface area contributed by atoms with E-state index >= 15 is 0 Å². The van der Waals surface area contributed by atoms with Crippen LogP contribution in [0.5, 0.6) is 0 Å². The summed E-state index contributed by atoms with van der Waals surface area (Å²) in [6.07, 6.45) is 0.834. The van der Waals surface area contributed by atoms with Crippen LogP contribution in [0.4, 0.5) is 10.1 Å². The molecule has 1 aromatic rings. The van der Waals surface area contributed by atoms with E-state index in [0.717, 1.165) is 13.0 Å². The summed E-state index contributed by atoms with van der Waals surface area (Å²) >= 11 is 0. The van der Waals surface area contributed by atoms with E-state index in [4.69, 9.17) is 10.8 Å². The summed E-state index contributed by atoms with van der Waals surface area (Å²) in [5, 5.41) is 8.95. The average Bonchev–Trinajstić information content (AvgIpc) is 2.67. The number of amides is 1. The van der Waals surface area contributed by atoms with E-state index in [0.29, 0.717) is 26.2 Å². The van der Waals surface area contributed by atoms with Gasteiger partial charge in [0.05, 0.1) is 17.9 Å². The molecule has 20 heavy (non-hydrogen) atoms. The molecule has 0 saturated carbocycles. The first kappa shape index (κ1) is 14.7. The largest absolute Gasteiger partial charge is 0.396 e. The molecule has 0 atom stereocenters. The average molecular weight is 281 g/mol. The molecule has 1 fully saturated rings. The van der Waals surface area contributed by atoms with E-state index in [1.807, 2.05) is 0 Å². The van der Waals surface area contributed by atoms with Crippen molar-refractivity contribution >= 4 is 11.6 Å². The Balaban J connectivity index is 2.07. The number of hydrogen-bond acceptors (Lipinski definition) is 4. The molecule has 5 nitrogen and oxygen atoms in total. The highest BCUT2D eigenvalue weighted by Crippen LogP contribution is 2.18. The second kappa shape index (κ2) is 6.67. The van der Waals surface area contributed by atoms with E-state index in [9.17, 15) is 9.18 Å². The van der Waals surface area contributed by atoms with Gasteiger partial charge in [0.15, 0.2) is 0 Å². The fourth-order valence-corrected chi connectivity index (χ4v) is 2.43. The van der Waals surface area contributed by atoms with Crippen LogP contribution in [0.3, 0.4) is 0 Å². The Morgan fingerprint density at radius 2 is 2.10 bits per heavy atom. The van der Waals surface area contributed by atoms with Crippen molar-refractivity contribution in [1.29, 1.82) is 0 Å². The van der Waals surface area contributed by atoms with E-state index in [1.165, 1.54) is 12.1 Å². The number of aliphatic hydroxyl groups is 1. The smallest absolute Gasteiger partial charge is 0.256 e. The van der Waals surface area contributed by atoms with Crippen molar-refractivity contribution in [3.63, 3.8) is 0 Å². The lowest BCUT2D eigenvalue weighted by Gasteiger charge is -2.22. The highest BCUT2D eigenvalue weighted by atomic mass is 19.1. The van der Waals surface area contributed by atoms with Gasteiger partial charge in [0.2, 0.25) is 0 Å². The van der Waals surface area contributed by atoms with Gasteiger partial charge in [-0.1, -0.05) is 6.07 Å². The van der Waals surface area contributed by atoms with Crippen molar-refractivity contribution < 1.29 is 14.3 Å². The molecule has 0 aromatic heterocycles. The number of aliphatic hydroxyl groups excluding tert-OH is 1. The van der Waals surface area contributed by atoms with Gasteiger partial charge in [0, 0.05) is 26.2 Å². The normalized spacial score (nSPS) is 17.0. The van der Waals surface area contributed by atoms with Gasteiger partial charge in [-0.15, -0.1) is 0 Å². The van der Waals surface area contributed by atoms with E-state index < -0.39 is 5.82 Å². The summed E-state index contributed by atoms with van der Waals surface area (Å²) in [7, 11) is 0. The SMILES string of the molecule is Nc1c(F)cccc1C(=O)N1CCCN(CCO)CC1. The maximum absolute atomic E-state index is 13.4. The number of halogens is 1. The zero-order chi connectivity index (χ0) is 14.5. The molecular formula is C14H20FN3O2. The summed E-state index contributed by atoms with van der Waals surface area (Å²) in [5.41, 5.74) is 5.77. The maximum Gasteiger partial charge on any atom is 0.256 e. The van der Waals surface area contributed by atoms with Crippen molar-refractivity contribution in [3.05, 3.63) is 29.6 Å². The molecule has 0 unspecified atom stereocenters. The maximum atomic E-state index is 13.4. The molecule has 0 aliphatic carbocycles. The Hall–Kier alpha value is -1.66. The Bertz CT molecular complexity index is 481. The van der Waals surface area contributed by atoms with E-state index in [1.54, 1.807) is 11.0 Å². The predicted octanol–water partition coefficient (Wildman–Crippen LogP) is 0.548. The van der Waals surface area contributed by atoms with Crippen LogP contribution >= 0.6 is 0 Å². The van der Waals surface area contributed by atoms with Crippen LogP contribution in [0.2, 0.25) is 0 Å². The first-order valence-electron chi connectivity index (χ1n) is 6.80. The molecule has 110 valence electrons. The van der Waals surface area contributed by atoms with Crippen LogP contribution in [0.15, 0.2) is 18.2 Å². The van der Waals surface area contributed by atoms with Gasteiger partial charge in [-0.25, -0.2) is 4.39 Å². The fourth-order valence-electron chi connectivity index (χ4n) is 2.43. The zero-order valence-electron chi connectivity index (χ0n) is 11.4. The number of rotatable bonds is 3. The summed E-state index contributed by atoms with van der Waals surface area (Å²) < 4.78 is 13.4. The number of carbonyl (C=O) groups is 1. The van der Waals surface area contributed by atoms with E-state index in [-0.39, 0.29) is 23.8 Å². The van der Waals surface area contributed by atoms with Crippen LogP contribution in [0.1, 0.15) is 16.8 Å². The van der Waals surface area contributed by atoms with Gasteiger partial charge in [-0.2, -0.15) is 0 Å². The number of nitrogens with zero attached hydrogens (tertiary/aromatic N) is 2. The topological polar surface area (TPSA) is 69.8 Å². The highest BCUT2D eigenvalue weighted by molar-refractivity contribution is 5.99. The second-order valence-corrected chi connectivity index (χ2v) is 4.91. The summed E-state index contributed by atoms with van der Waals surface area (Å²) in [4.78, 5) is 16.2. The minimum Gasteiger partial charge on any atom is -0.396 e. The molecule has 1 amide bonds. The lowest BCUT2D eigenvalue weighted by atomic mass is 10.1.